The Morgan fingerprint density at radius 3 is 2.86 bits per heavy atom. The fourth-order valence-corrected chi connectivity index (χ4v) is 2.82. The van der Waals surface area contributed by atoms with Crippen molar-refractivity contribution in [2.24, 2.45) is 11.1 Å². The second kappa shape index (κ2) is 6.64. The van der Waals surface area contributed by atoms with Crippen LogP contribution in [-0.2, 0) is 9.53 Å². The normalized spacial score (nSPS) is 17.0. The van der Waals surface area contributed by atoms with Crippen LogP contribution in [0.3, 0.4) is 0 Å². The van der Waals surface area contributed by atoms with Gasteiger partial charge in [0, 0.05) is 25.1 Å². The quantitative estimate of drug-likeness (QED) is 0.805. The molecular weight excluding hydrogens is 304 g/mol. The number of aromatic amines is 1. The summed E-state index contributed by atoms with van der Waals surface area (Å²) in [6.45, 7) is 3.51. The van der Waals surface area contributed by atoms with Gasteiger partial charge in [0.15, 0.2) is 0 Å². The van der Waals surface area contributed by atoms with Crippen molar-refractivity contribution in [1.29, 1.82) is 0 Å². The summed E-state index contributed by atoms with van der Waals surface area (Å²) in [5, 5.41) is 11.0. The molecule has 120 valence electrons. The molecule has 4 N–H and O–H groups in total. The standard InChI is InChI=1S/C15H20N4O2.ClH/c1-10-2-3-12(13-11(10)8-17-19-13)18-14(20)15(9-16)4-6-21-7-5-15;/h2-3,8H,4-7,9,16H2,1H3,(H,17,19)(H,18,20);1H. The van der Waals surface area contributed by atoms with Crippen molar-refractivity contribution in [2.45, 2.75) is 19.8 Å². The van der Waals surface area contributed by atoms with E-state index in [1.165, 1.54) is 0 Å². The molecule has 1 aliphatic heterocycles. The average molecular weight is 325 g/mol. The van der Waals surface area contributed by atoms with Crippen molar-refractivity contribution < 1.29 is 9.53 Å². The number of hydrogen-bond acceptors (Lipinski definition) is 4. The zero-order chi connectivity index (χ0) is 14.9. The molecule has 0 unspecified atom stereocenters. The number of halogens is 1. The van der Waals surface area contributed by atoms with E-state index in [9.17, 15) is 4.79 Å². The first-order valence-electron chi connectivity index (χ1n) is 7.18. The van der Waals surface area contributed by atoms with Crippen LogP contribution < -0.4 is 11.1 Å². The van der Waals surface area contributed by atoms with Crippen molar-refractivity contribution in [3.63, 3.8) is 0 Å². The summed E-state index contributed by atoms with van der Waals surface area (Å²) in [4.78, 5) is 12.7. The van der Waals surface area contributed by atoms with Crippen LogP contribution in [0.25, 0.3) is 10.9 Å². The summed E-state index contributed by atoms with van der Waals surface area (Å²) >= 11 is 0. The molecule has 0 spiro atoms. The fourth-order valence-electron chi connectivity index (χ4n) is 2.82. The number of fused-ring (bicyclic) bond motifs is 1. The van der Waals surface area contributed by atoms with Gasteiger partial charge in [0.05, 0.1) is 22.8 Å². The minimum absolute atomic E-state index is 0. The van der Waals surface area contributed by atoms with E-state index in [-0.39, 0.29) is 18.3 Å². The molecular formula is C15H21ClN4O2. The molecule has 1 aromatic carbocycles. The van der Waals surface area contributed by atoms with Crippen LogP contribution in [0.2, 0.25) is 0 Å². The first-order chi connectivity index (χ1) is 10.2. The number of benzene rings is 1. The minimum Gasteiger partial charge on any atom is -0.381 e. The van der Waals surface area contributed by atoms with Crippen LogP contribution in [0.1, 0.15) is 18.4 Å². The molecule has 0 atom stereocenters. The van der Waals surface area contributed by atoms with Crippen molar-refractivity contribution in [3.8, 4) is 0 Å². The summed E-state index contributed by atoms with van der Waals surface area (Å²) in [6.07, 6.45) is 3.09. The minimum atomic E-state index is -0.532. The molecule has 6 nitrogen and oxygen atoms in total. The lowest BCUT2D eigenvalue weighted by Crippen LogP contribution is -2.46. The van der Waals surface area contributed by atoms with Gasteiger partial charge in [-0.15, -0.1) is 12.4 Å². The molecule has 0 aliphatic carbocycles. The van der Waals surface area contributed by atoms with Gasteiger partial charge in [0.1, 0.15) is 0 Å². The number of aromatic nitrogens is 2. The number of hydrogen-bond donors (Lipinski definition) is 3. The first kappa shape index (κ1) is 16.7. The highest BCUT2D eigenvalue weighted by molar-refractivity contribution is 6.03. The molecule has 2 aromatic rings. The predicted octanol–water partition coefficient (Wildman–Crippen LogP) is 1.99. The molecule has 1 amide bonds. The molecule has 1 aliphatic rings. The van der Waals surface area contributed by atoms with Gasteiger partial charge in [-0.2, -0.15) is 5.10 Å². The highest BCUT2D eigenvalue weighted by Gasteiger charge is 2.39. The highest BCUT2D eigenvalue weighted by Crippen LogP contribution is 2.32. The summed E-state index contributed by atoms with van der Waals surface area (Å²) in [7, 11) is 0. The number of nitrogens with two attached hydrogens (primary N) is 1. The Hall–Kier alpha value is -1.63. The molecule has 2 heterocycles. The summed E-state index contributed by atoms with van der Waals surface area (Å²) in [5.74, 6) is -0.0342. The molecule has 3 rings (SSSR count). The van der Waals surface area contributed by atoms with Gasteiger partial charge in [-0.05, 0) is 31.4 Å². The van der Waals surface area contributed by atoms with Gasteiger partial charge in [0.25, 0.3) is 0 Å². The zero-order valence-electron chi connectivity index (χ0n) is 12.5. The average Bonchev–Trinajstić information content (AvgIpc) is 3.01. The third-order valence-corrected chi connectivity index (χ3v) is 4.40. The number of ether oxygens (including phenoxy) is 1. The van der Waals surface area contributed by atoms with E-state index in [0.29, 0.717) is 32.6 Å². The zero-order valence-corrected chi connectivity index (χ0v) is 13.3. The predicted molar refractivity (Wildman–Crippen MR) is 88.2 cm³/mol. The smallest absolute Gasteiger partial charge is 0.232 e. The van der Waals surface area contributed by atoms with Gasteiger partial charge in [-0.25, -0.2) is 0 Å². The number of H-pyrrole nitrogens is 1. The third-order valence-electron chi connectivity index (χ3n) is 4.40. The monoisotopic (exact) mass is 324 g/mol. The Morgan fingerprint density at radius 1 is 1.45 bits per heavy atom. The molecule has 1 aromatic heterocycles. The Labute approximate surface area is 135 Å². The number of aryl methyl sites for hydroxylation is 1. The number of nitrogens with one attached hydrogen (secondary N) is 2. The van der Waals surface area contributed by atoms with Gasteiger partial charge in [0.2, 0.25) is 5.91 Å². The molecule has 1 fully saturated rings. The van der Waals surface area contributed by atoms with Crippen LogP contribution >= 0.6 is 12.4 Å². The maximum absolute atomic E-state index is 12.7. The highest BCUT2D eigenvalue weighted by atomic mass is 35.5. The topological polar surface area (TPSA) is 93.0 Å². The second-order valence-electron chi connectivity index (χ2n) is 5.64. The van der Waals surface area contributed by atoms with E-state index >= 15 is 0 Å². The number of carbonyl (C=O) groups excluding carboxylic acids is 1. The van der Waals surface area contributed by atoms with Crippen molar-refractivity contribution in [2.75, 3.05) is 25.1 Å². The van der Waals surface area contributed by atoms with Crippen LogP contribution in [-0.4, -0.2) is 35.9 Å². The van der Waals surface area contributed by atoms with Crippen molar-refractivity contribution >= 4 is 34.9 Å². The molecule has 1 saturated heterocycles. The third kappa shape index (κ3) is 2.82. The van der Waals surface area contributed by atoms with Crippen LogP contribution in [0.5, 0.6) is 0 Å². The Kier molecular flexibility index (Phi) is 5.05. The summed E-state index contributed by atoms with van der Waals surface area (Å²) < 4.78 is 5.35. The van der Waals surface area contributed by atoms with Gasteiger partial charge < -0.3 is 15.8 Å². The van der Waals surface area contributed by atoms with Crippen molar-refractivity contribution in [3.05, 3.63) is 23.9 Å². The van der Waals surface area contributed by atoms with E-state index in [1.54, 1.807) is 6.20 Å². The number of rotatable bonds is 3. The molecule has 0 bridgehead atoms. The van der Waals surface area contributed by atoms with Gasteiger partial charge in [-0.1, -0.05) is 6.07 Å². The Balaban J connectivity index is 0.00000176. The largest absolute Gasteiger partial charge is 0.381 e. The molecule has 0 radical (unpaired) electrons. The molecule has 7 heteroatoms. The lowest BCUT2D eigenvalue weighted by atomic mass is 9.79. The van der Waals surface area contributed by atoms with E-state index in [1.807, 2.05) is 19.1 Å². The van der Waals surface area contributed by atoms with Crippen LogP contribution in [0, 0.1) is 12.3 Å². The van der Waals surface area contributed by atoms with Gasteiger partial charge >= 0.3 is 0 Å². The first-order valence-corrected chi connectivity index (χ1v) is 7.18. The van der Waals surface area contributed by atoms with E-state index in [2.05, 4.69) is 15.5 Å². The lowest BCUT2D eigenvalue weighted by molar-refractivity contribution is -0.130. The Bertz CT molecular complexity index is 665. The molecule has 22 heavy (non-hydrogen) atoms. The van der Waals surface area contributed by atoms with Crippen molar-refractivity contribution in [1.82, 2.24) is 10.2 Å². The maximum Gasteiger partial charge on any atom is 0.232 e. The number of amides is 1. The summed E-state index contributed by atoms with van der Waals surface area (Å²) in [5.41, 5.74) is 8.06. The van der Waals surface area contributed by atoms with E-state index in [4.69, 9.17) is 10.5 Å². The fraction of sp³-hybridized carbons (Fsp3) is 0.467. The Morgan fingerprint density at radius 2 is 2.18 bits per heavy atom. The number of carbonyl (C=O) groups is 1. The lowest BCUT2D eigenvalue weighted by Gasteiger charge is -2.34. The number of nitrogens with zero attached hydrogens (tertiary/aromatic N) is 1. The molecule has 0 saturated carbocycles. The second-order valence-corrected chi connectivity index (χ2v) is 5.64. The summed E-state index contributed by atoms with van der Waals surface area (Å²) in [6, 6.07) is 3.88. The van der Waals surface area contributed by atoms with Gasteiger partial charge in [-0.3, -0.25) is 9.89 Å². The van der Waals surface area contributed by atoms with E-state index in [0.717, 1.165) is 22.2 Å². The SMILES string of the molecule is Cc1ccc(NC(=O)C2(CN)CCOCC2)c2[nH]ncc12.Cl. The van der Waals surface area contributed by atoms with Crippen LogP contribution in [0.15, 0.2) is 18.3 Å². The van der Waals surface area contributed by atoms with Crippen LogP contribution in [0.4, 0.5) is 5.69 Å². The van der Waals surface area contributed by atoms with E-state index < -0.39 is 5.41 Å². The maximum atomic E-state index is 12.7. The number of anilines is 1.